The van der Waals surface area contributed by atoms with Gasteiger partial charge < -0.3 is 34.1 Å². The number of amides is 2. The number of carbonyl (C=O) groups excluding carboxylic acids is 4. The second kappa shape index (κ2) is 43.7. The number of rotatable bonds is 42. The summed E-state index contributed by atoms with van der Waals surface area (Å²) in [7, 11) is 7.11. The van der Waals surface area contributed by atoms with E-state index in [2.05, 4.69) is 19.2 Å². The minimum atomic E-state index is -0.398. The zero-order chi connectivity index (χ0) is 41.9. The van der Waals surface area contributed by atoms with Crippen LogP contribution >= 0.6 is 21.6 Å². The summed E-state index contributed by atoms with van der Waals surface area (Å²) < 4.78 is 21.7. The van der Waals surface area contributed by atoms with Gasteiger partial charge in [-0.15, -0.1) is 0 Å². The molecule has 0 atom stereocenters. The molecule has 0 heterocycles. The molecular weight excluding hydrogens is 763 g/mol. The van der Waals surface area contributed by atoms with Crippen LogP contribution in [0.3, 0.4) is 0 Å². The van der Waals surface area contributed by atoms with E-state index < -0.39 is 6.09 Å². The Hall–Kier alpha value is -1.86. The van der Waals surface area contributed by atoms with Crippen LogP contribution in [-0.2, 0) is 28.5 Å². The van der Waals surface area contributed by atoms with Crippen LogP contribution in [0.2, 0.25) is 0 Å². The van der Waals surface area contributed by atoms with E-state index in [1.165, 1.54) is 51.4 Å². The highest BCUT2D eigenvalue weighted by Gasteiger charge is 2.14. The third kappa shape index (κ3) is 42.1. The fourth-order valence-electron chi connectivity index (χ4n) is 6.11. The van der Waals surface area contributed by atoms with E-state index in [9.17, 15) is 19.2 Å². The van der Waals surface area contributed by atoms with Crippen LogP contribution in [-0.4, -0.2) is 112 Å². The monoisotopic (exact) mass is 848 g/mol. The molecule has 0 unspecified atom stereocenters. The highest BCUT2D eigenvalue weighted by atomic mass is 33.1. The first kappa shape index (κ1) is 55.1. The Bertz CT molecular complexity index is 901. The van der Waals surface area contributed by atoms with Gasteiger partial charge in [-0.05, 0) is 52.6 Å². The van der Waals surface area contributed by atoms with Gasteiger partial charge in [-0.1, -0.05) is 151 Å². The number of alkyl carbamates (subject to hydrolysis) is 1. The van der Waals surface area contributed by atoms with Gasteiger partial charge in [0.1, 0.15) is 13.2 Å². The van der Waals surface area contributed by atoms with Crippen LogP contribution in [0.5, 0.6) is 0 Å². The second-order valence-electron chi connectivity index (χ2n) is 15.3. The SMILES string of the molecule is CCCCCCCCC(=O)OCCCCCCCCN(CCCCCCCCOC(=O)CCCCCCCC)C(=O)OCCSSCCOC(=O)NCCN(C)C. The van der Waals surface area contributed by atoms with Crippen molar-refractivity contribution in [1.29, 1.82) is 0 Å². The highest BCUT2D eigenvalue weighted by Crippen LogP contribution is 2.20. The molecular formula is C44H85N3O8S2. The molecule has 336 valence electrons. The average molecular weight is 848 g/mol. The summed E-state index contributed by atoms with van der Waals surface area (Å²) in [4.78, 5) is 52.6. The molecule has 1 N–H and O–H groups in total. The van der Waals surface area contributed by atoms with Crippen molar-refractivity contribution in [2.45, 2.75) is 181 Å². The van der Waals surface area contributed by atoms with Gasteiger partial charge >= 0.3 is 24.1 Å². The lowest BCUT2D eigenvalue weighted by atomic mass is 10.1. The third-order valence-electron chi connectivity index (χ3n) is 9.60. The molecule has 0 aliphatic rings. The topological polar surface area (TPSA) is 124 Å². The first-order valence-corrected chi connectivity index (χ1v) is 25.3. The first-order chi connectivity index (χ1) is 27.8. The molecule has 57 heavy (non-hydrogen) atoms. The third-order valence-corrected chi connectivity index (χ3v) is 11.9. The van der Waals surface area contributed by atoms with E-state index in [0.717, 1.165) is 109 Å². The number of nitrogens with one attached hydrogen (secondary N) is 1. The summed E-state index contributed by atoms with van der Waals surface area (Å²) in [6.07, 6.45) is 26.7. The van der Waals surface area contributed by atoms with Gasteiger partial charge in [-0.2, -0.15) is 0 Å². The minimum absolute atomic E-state index is 0.0615. The number of carbonyl (C=O) groups is 4. The van der Waals surface area contributed by atoms with Crippen LogP contribution in [0.4, 0.5) is 9.59 Å². The molecule has 0 rings (SSSR count). The van der Waals surface area contributed by atoms with Crippen LogP contribution in [0.25, 0.3) is 0 Å². The summed E-state index contributed by atoms with van der Waals surface area (Å²) in [5.74, 6) is 1.21. The largest absolute Gasteiger partial charge is 0.466 e. The van der Waals surface area contributed by atoms with E-state index >= 15 is 0 Å². The van der Waals surface area contributed by atoms with E-state index in [1.54, 1.807) is 21.6 Å². The Morgan fingerprint density at radius 1 is 0.456 bits per heavy atom. The van der Waals surface area contributed by atoms with Crippen molar-refractivity contribution >= 4 is 45.7 Å². The summed E-state index contributed by atoms with van der Waals surface area (Å²) in [6.45, 7) is 8.81. The summed E-state index contributed by atoms with van der Waals surface area (Å²) in [6, 6.07) is 0. The smallest absolute Gasteiger partial charge is 0.409 e. The Balaban J connectivity index is 4.27. The maximum atomic E-state index is 13.1. The molecule has 13 heteroatoms. The minimum Gasteiger partial charge on any atom is -0.466 e. The fraction of sp³-hybridized carbons (Fsp3) is 0.909. The average Bonchev–Trinajstić information content (AvgIpc) is 3.19. The van der Waals surface area contributed by atoms with Crippen LogP contribution in [0, 0.1) is 0 Å². The van der Waals surface area contributed by atoms with Gasteiger partial charge in [0.2, 0.25) is 0 Å². The number of esters is 2. The van der Waals surface area contributed by atoms with Crippen molar-refractivity contribution in [2.75, 3.05) is 78.2 Å². The number of unbranched alkanes of at least 4 members (excludes halogenated alkanes) is 20. The molecule has 0 aromatic rings. The Morgan fingerprint density at radius 2 is 0.860 bits per heavy atom. The van der Waals surface area contributed by atoms with Gasteiger partial charge in [0.05, 0.1) is 13.2 Å². The Kier molecular flexibility index (Phi) is 42.3. The Morgan fingerprint density at radius 3 is 1.32 bits per heavy atom. The van der Waals surface area contributed by atoms with Crippen LogP contribution in [0.15, 0.2) is 0 Å². The molecule has 2 amide bonds. The van der Waals surface area contributed by atoms with Crippen molar-refractivity contribution in [3.63, 3.8) is 0 Å². The lowest BCUT2D eigenvalue weighted by molar-refractivity contribution is -0.144. The summed E-state index contributed by atoms with van der Waals surface area (Å²) in [5, 5.41) is 2.73. The second-order valence-corrected chi connectivity index (χ2v) is 18.0. The number of hydrogen-bond acceptors (Lipinski definition) is 11. The molecule has 0 aromatic carbocycles. The molecule has 0 saturated carbocycles. The van der Waals surface area contributed by atoms with Gasteiger partial charge in [-0.25, -0.2) is 9.59 Å². The van der Waals surface area contributed by atoms with Gasteiger partial charge in [0.25, 0.3) is 0 Å². The maximum absolute atomic E-state index is 13.1. The molecule has 0 saturated heterocycles. The fourth-order valence-corrected chi connectivity index (χ4v) is 7.76. The molecule has 0 fully saturated rings. The lowest BCUT2D eigenvalue weighted by Gasteiger charge is -2.22. The summed E-state index contributed by atoms with van der Waals surface area (Å²) >= 11 is 0. The number of hydrogen-bond donors (Lipinski definition) is 1. The molecule has 11 nitrogen and oxygen atoms in total. The molecule has 0 radical (unpaired) electrons. The molecule has 0 aliphatic carbocycles. The van der Waals surface area contributed by atoms with Gasteiger partial charge in [0, 0.05) is 50.5 Å². The first-order valence-electron chi connectivity index (χ1n) is 22.8. The van der Waals surface area contributed by atoms with E-state index in [4.69, 9.17) is 18.9 Å². The quantitative estimate of drug-likeness (QED) is 0.0273. The predicted octanol–water partition coefficient (Wildman–Crippen LogP) is 11.4. The van der Waals surface area contributed by atoms with Crippen molar-refractivity contribution in [1.82, 2.24) is 15.1 Å². The van der Waals surface area contributed by atoms with Crippen LogP contribution in [0.1, 0.15) is 181 Å². The number of ether oxygens (including phenoxy) is 4. The van der Waals surface area contributed by atoms with Crippen molar-refractivity contribution < 1.29 is 38.1 Å². The molecule has 0 aliphatic heterocycles. The van der Waals surface area contributed by atoms with Crippen molar-refractivity contribution in [3.8, 4) is 0 Å². The lowest BCUT2D eigenvalue weighted by Crippen LogP contribution is -2.34. The maximum Gasteiger partial charge on any atom is 0.409 e. The standard InChI is InChI=1S/C44H85N3O8S2/c1-5-7-9-11-17-23-29-41(48)52-35-27-21-15-13-19-25-32-47(44(51)55-38-40-57-56-39-37-54-43(50)45-31-34-46(3)4)33-26-20-14-16-22-28-36-53-42(49)30-24-18-12-10-8-6-2/h5-40H2,1-4H3,(H,45,50). The van der Waals surface area contributed by atoms with Gasteiger partial charge in [0.15, 0.2) is 0 Å². The van der Waals surface area contributed by atoms with Gasteiger partial charge in [-0.3, -0.25) is 9.59 Å². The van der Waals surface area contributed by atoms with Crippen molar-refractivity contribution in [2.24, 2.45) is 0 Å². The Labute approximate surface area is 356 Å². The number of likely N-dealkylation sites (N-methyl/N-ethyl adjacent to an activating group) is 1. The predicted molar refractivity (Wildman–Crippen MR) is 239 cm³/mol. The summed E-state index contributed by atoms with van der Waals surface area (Å²) in [5.41, 5.74) is 0. The molecule has 0 aromatic heterocycles. The van der Waals surface area contributed by atoms with E-state index in [-0.39, 0.29) is 18.0 Å². The van der Waals surface area contributed by atoms with E-state index in [1.807, 2.05) is 23.9 Å². The highest BCUT2D eigenvalue weighted by molar-refractivity contribution is 8.76. The van der Waals surface area contributed by atoms with E-state index in [0.29, 0.717) is 70.4 Å². The normalized spacial score (nSPS) is 11.1. The van der Waals surface area contributed by atoms with Crippen LogP contribution < -0.4 is 5.32 Å². The zero-order valence-corrected chi connectivity index (χ0v) is 38.6. The van der Waals surface area contributed by atoms with Crippen molar-refractivity contribution in [3.05, 3.63) is 0 Å². The zero-order valence-electron chi connectivity index (χ0n) is 36.9. The molecule has 0 bridgehead atoms. The molecule has 0 spiro atoms. The number of nitrogens with zero attached hydrogens (tertiary/aromatic N) is 2.